The SMILES string of the molecule is COc1cc2c(cc1OS(N)(=O)=O)CCN(Cc1cc(OC)c(OC)c(OC)c1)C2. The Morgan fingerprint density at radius 1 is 0.867 bits per heavy atom. The molecule has 0 aromatic heterocycles. The summed E-state index contributed by atoms with van der Waals surface area (Å²) in [6.45, 7) is 2.12. The zero-order chi connectivity index (χ0) is 21.9. The minimum Gasteiger partial charge on any atom is -0.493 e. The maximum atomic E-state index is 11.3. The molecule has 0 atom stereocenters. The fourth-order valence-corrected chi connectivity index (χ4v) is 3.97. The third kappa shape index (κ3) is 4.89. The van der Waals surface area contributed by atoms with Gasteiger partial charge in [0.1, 0.15) is 0 Å². The molecule has 0 amide bonds. The molecule has 0 saturated carbocycles. The quantitative estimate of drug-likeness (QED) is 0.665. The van der Waals surface area contributed by atoms with Crippen LogP contribution < -0.4 is 28.3 Å². The molecule has 9 nitrogen and oxygen atoms in total. The summed E-state index contributed by atoms with van der Waals surface area (Å²) in [5.41, 5.74) is 3.05. The Labute approximate surface area is 176 Å². The Kier molecular flexibility index (Phi) is 6.59. The van der Waals surface area contributed by atoms with Crippen LogP contribution in [0.1, 0.15) is 16.7 Å². The fourth-order valence-electron chi connectivity index (χ4n) is 3.59. The van der Waals surface area contributed by atoms with E-state index in [0.717, 1.165) is 29.7 Å². The molecular formula is C20H26N2O7S. The molecule has 0 aliphatic carbocycles. The number of fused-ring (bicyclic) bond motifs is 1. The standard InChI is InChI=1S/C20H26N2O7S/c1-25-16-10-15-12-22(6-5-14(15)9-17(16)29-30(21,23)24)11-13-7-18(26-2)20(28-4)19(8-13)27-3/h7-10H,5-6,11-12H2,1-4H3,(H2,21,23,24). The highest BCUT2D eigenvalue weighted by Gasteiger charge is 2.22. The van der Waals surface area contributed by atoms with Crippen molar-refractivity contribution in [3.05, 3.63) is 41.0 Å². The molecule has 0 radical (unpaired) electrons. The first-order valence-electron chi connectivity index (χ1n) is 9.21. The van der Waals surface area contributed by atoms with Crippen molar-refractivity contribution in [3.8, 4) is 28.7 Å². The van der Waals surface area contributed by atoms with Crippen molar-refractivity contribution in [1.29, 1.82) is 0 Å². The topological polar surface area (TPSA) is 110 Å². The van der Waals surface area contributed by atoms with E-state index in [1.165, 1.54) is 7.11 Å². The van der Waals surface area contributed by atoms with Gasteiger partial charge in [-0.2, -0.15) is 13.6 Å². The van der Waals surface area contributed by atoms with Crippen molar-refractivity contribution in [2.45, 2.75) is 19.5 Å². The molecule has 2 aromatic rings. The molecule has 1 aliphatic rings. The van der Waals surface area contributed by atoms with Gasteiger partial charge in [0.15, 0.2) is 23.0 Å². The first-order chi connectivity index (χ1) is 14.3. The molecule has 0 spiro atoms. The maximum absolute atomic E-state index is 11.3. The summed E-state index contributed by atoms with van der Waals surface area (Å²) in [6, 6.07) is 7.33. The second kappa shape index (κ2) is 8.99. The van der Waals surface area contributed by atoms with Crippen LogP contribution in [0.15, 0.2) is 24.3 Å². The average Bonchev–Trinajstić information content (AvgIpc) is 2.71. The summed E-state index contributed by atoms with van der Waals surface area (Å²) in [5.74, 6) is 2.18. The van der Waals surface area contributed by atoms with Gasteiger partial charge in [0, 0.05) is 19.6 Å². The number of benzene rings is 2. The molecule has 3 rings (SSSR count). The molecule has 0 unspecified atom stereocenters. The van der Waals surface area contributed by atoms with Gasteiger partial charge in [-0.05, 0) is 47.4 Å². The first kappa shape index (κ1) is 22.0. The molecule has 2 N–H and O–H groups in total. The van der Waals surface area contributed by atoms with Gasteiger partial charge in [-0.25, -0.2) is 0 Å². The Bertz CT molecular complexity index is 999. The van der Waals surface area contributed by atoms with Crippen LogP contribution in [-0.4, -0.2) is 48.3 Å². The van der Waals surface area contributed by atoms with Gasteiger partial charge < -0.3 is 23.1 Å². The van der Waals surface area contributed by atoms with Crippen LogP contribution in [0.2, 0.25) is 0 Å². The third-order valence-corrected chi connectivity index (χ3v) is 5.33. The van der Waals surface area contributed by atoms with E-state index < -0.39 is 10.3 Å². The van der Waals surface area contributed by atoms with Crippen molar-refractivity contribution in [2.75, 3.05) is 35.0 Å². The zero-order valence-electron chi connectivity index (χ0n) is 17.4. The summed E-state index contributed by atoms with van der Waals surface area (Å²) in [4.78, 5) is 2.27. The molecule has 0 saturated heterocycles. The monoisotopic (exact) mass is 438 g/mol. The molecule has 1 heterocycles. The summed E-state index contributed by atoms with van der Waals surface area (Å²) >= 11 is 0. The summed E-state index contributed by atoms with van der Waals surface area (Å²) in [5, 5.41) is 5.00. The molecule has 1 aliphatic heterocycles. The maximum Gasteiger partial charge on any atom is 0.380 e. The number of methoxy groups -OCH3 is 4. The average molecular weight is 439 g/mol. The van der Waals surface area contributed by atoms with Crippen molar-refractivity contribution in [1.82, 2.24) is 4.90 Å². The lowest BCUT2D eigenvalue weighted by molar-refractivity contribution is 0.243. The predicted octanol–water partition coefficient (Wildman–Crippen LogP) is 1.86. The van der Waals surface area contributed by atoms with Crippen LogP contribution in [0.25, 0.3) is 0 Å². The van der Waals surface area contributed by atoms with Gasteiger partial charge in [-0.15, -0.1) is 0 Å². The largest absolute Gasteiger partial charge is 0.493 e. The normalized spacial score (nSPS) is 14.0. The minimum absolute atomic E-state index is 0.0943. The Morgan fingerprint density at radius 2 is 1.47 bits per heavy atom. The molecule has 2 aromatic carbocycles. The summed E-state index contributed by atoms with van der Waals surface area (Å²) in [6.07, 6.45) is 0.727. The molecular weight excluding hydrogens is 412 g/mol. The van der Waals surface area contributed by atoms with E-state index in [9.17, 15) is 8.42 Å². The van der Waals surface area contributed by atoms with Crippen molar-refractivity contribution >= 4 is 10.3 Å². The van der Waals surface area contributed by atoms with Gasteiger partial charge in [-0.1, -0.05) is 0 Å². The lowest BCUT2D eigenvalue weighted by atomic mass is 9.98. The number of hydrogen-bond acceptors (Lipinski definition) is 8. The minimum atomic E-state index is -4.13. The van der Waals surface area contributed by atoms with E-state index in [4.69, 9.17) is 28.3 Å². The van der Waals surface area contributed by atoms with E-state index in [-0.39, 0.29) is 5.75 Å². The highest BCUT2D eigenvalue weighted by Crippen LogP contribution is 2.39. The van der Waals surface area contributed by atoms with E-state index in [2.05, 4.69) is 4.90 Å². The molecule has 0 bridgehead atoms. The number of nitrogens with zero attached hydrogens (tertiary/aromatic N) is 1. The van der Waals surface area contributed by atoms with Gasteiger partial charge >= 0.3 is 10.3 Å². The molecule has 10 heteroatoms. The number of hydrogen-bond donors (Lipinski definition) is 1. The van der Waals surface area contributed by atoms with Gasteiger partial charge in [0.25, 0.3) is 0 Å². The summed E-state index contributed by atoms with van der Waals surface area (Å²) < 4.78 is 49.0. The van der Waals surface area contributed by atoms with Crippen LogP contribution in [0.5, 0.6) is 28.7 Å². The van der Waals surface area contributed by atoms with Gasteiger partial charge in [0.2, 0.25) is 5.75 Å². The summed E-state index contributed by atoms with van der Waals surface area (Å²) in [7, 11) is 2.07. The third-order valence-electron chi connectivity index (χ3n) is 4.91. The highest BCUT2D eigenvalue weighted by atomic mass is 32.2. The Balaban J connectivity index is 1.83. The number of ether oxygens (including phenoxy) is 4. The van der Waals surface area contributed by atoms with E-state index in [1.807, 2.05) is 12.1 Å². The van der Waals surface area contributed by atoms with Crippen LogP contribution in [0.3, 0.4) is 0 Å². The van der Waals surface area contributed by atoms with Crippen LogP contribution in [0.4, 0.5) is 0 Å². The van der Waals surface area contributed by atoms with Crippen LogP contribution in [-0.2, 0) is 29.8 Å². The smallest absolute Gasteiger partial charge is 0.380 e. The van der Waals surface area contributed by atoms with Crippen LogP contribution >= 0.6 is 0 Å². The Hall–Kier alpha value is -2.69. The van der Waals surface area contributed by atoms with Crippen LogP contribution in [0, 0.1) is 0 Å². The van der Waals surface area contributed by atoms with E-state index in [1.54, 1.807) is 33.5 Å². The highest BCUT2D eigenvalue weighted by molar-refractivity contribution is 7.84. The second-order valence-electron chi connectivity index (χ2n) is 6.84. The van der Waals surface area contributed by atoms with Crippen molar-refractivity contribution in [3.63, 3.8) is 0 Å². The molecule has 0 fully saturated rings. The fraction of sp³-hybridized carbons (Fsp3) is 0.400. The number of nitrogens with two attached hydrogens (primary N) is 1. The van der Waals surface area contributed by atoms with E-state index >= 15 is 0 Å². The lowest BCUT2D eigenvalue weighted by Crippen LogP contribution is -2.30. The first-order valence-corrected chi connectivity index (χ1v) is 10.7. The van der Waals surface area contributed by atoms with Gasteiger partial charge in [-0.3, -0.25) is 4.90 Å². The van der Waals surface area contributed by atoms with E-state index in [0.29, 0.717) is 36.1 Å². The number of rotatable bonds is 8. The van der Waals surface area contributed by atoms with Crippen molar-refractivity contribution < 1.29 is 31.5 Å². The molecule has 30 heavy (non-hydrogen) atoms. The zero-order valence-corrected chi connectivity index (χ0v) is 18.2. The molecule has 164 valence electrons. The van der Waals surface area contributed by atoms with Gasteiger partial charge in [0.05, 0.1) is 28.4 Å². The van der Waals surface area contributed by atoms with Crippen molar-refractivity contribution in [2.24, 2.45) is 5.14 Å². The predicted molar refractivity (Wildman–Crippen MR) is 111 cm³/mol. The Morgan fingerprint density at radius 3 is 2.00 bits per heavy atom. The lowest BCUT2D eigenvalue weighted by Gasteiger charge is -2.29. The second-order valence-corrected chi connectivity index (χ2v) is 7.99.